The Bertz CT molecular complexity index is 655. The summed E-state index contributed by atoms with van der Waals surface area (Å²) in [5.74, 6) is -0.492. The first-order valence-electron chi connectivity index (χ1n) is 8.11. The van der Waals surface area contributed by atoms with Crippen LogP contribution in [0.5, 0.6) is 0 Å². The van der Waals surface area contributed by atoms with E-state index in [0.29, 0.717) is 30.9 Å². The summed E-state index contributed by atoms with van der Waals surface area (Å²) < 4.78 is 50.0. The van der Waals surface area contributed by atoms with Gasteiger partial charge in [0.25, 0.3) is 0 Å². The van der Waals surface area contributed by atoms with Crippen molar-refractivity contribution in [3.63, 3.8) is 0 Å². The van der Waals surface area contributed by atoms with Crippen LogP contribution in [-0.4, -0.2) is 30.3 Å². The molecule has 2 spiro atoms. The minimum absolute atomic E-state index is 0.440. The van der Waals surface area contributed by atoms with Crippen LogP contribution in [-0.2, 0) is 20.5 Å². The molecule has 1 aromatic rings. The molecule has 0 bridgehead atoms. The zero-order valence-corrected chi connectivity index (χ0v) is 13.1. The third-order valence-electron chi connectivity index (χ3n) is 5.10. The molecule has 1 saturated heterocycles. The second kappa shape index (κ2) is 5.46. The third-order valence-corrected chi connectivity index (χ3v) is 5.10. The highest BCUT2D eigenvalue weighted by molar-refractivity contribution is 6.01. The fraction of sp³-hybridized carbons (Fsp3) is 0.588. The van der Waals surface area contributed by atoms with E-state index in [0.717, 1.165) is 37.8 Å². The molecule has 3 aliphatic rings. The minimum Gasteiger partial charge on any atom is -0.389 e. The lowest BCUT2D eigenvalue weighted by molar-refractivity contribution is -0.206. The van der Waals surface area contributed by atoms with Gasteiger partial charge in [0.15, 0.2) is 5.79 Å². The Kier molecular flexibility index (Phi) is 3.61. The maximum absolute atomic E-state index is 12.9. The van der Waals surface area contributed by atoms with Crippen molar-refractivity contribution < 1.29 is 27.5 Å². The van der Waals surface area contributed by atoms with Gasteiger partial charge in [0, 0.05) is 24.8 Å². The van der Waals surface area contributed by atoms with Crippen molar-refractivity contribution in [2.45, 2.75) is 49.7 Å². The number of halogens is 3. The maximum atomic E-state index is 12.9. The number of nitrogens with zero attached hydrogens (tertiary/aromatic N) is 1. The number of hydrogen-bond donors (Lipinski definition) is 0. The lowest BCUT2D eigenvalue weighted by Gasteiger charge is -2.39. The Morgan fingerprint density at radius 2 is 1.71 bits per heavy atom. The lowest BCUT2D eigenvalue weighted by Crippen LogP contribution is -2.43. The summed E-state index contributed by atoms with van der Waals surface area (Å²) in [6.45, 7) is 1.22. The number of ether oxygens (including phenoxy) is 2. The number of hydrogen-bond acceptors (Lipinski definition) is 4. The predicted molar refractivity (Wildman–Crippen MR) is 79.5 cm³/mol. The molecule has 2 heterocycles. The van der Waals surface area contributed by atoms with Crippen LogP contribution >= 0.6 is 0 Å². The molecule has 0 radical (unpaired) electrons. The number of benzene rings is 1. The van der Waals surface area contributed by atoms with E-state index < -0.39 is 23.1 Å². The summed E-state index contributed by atoms with van der Waals surface area (Å²) in [5, 5.41) is 4.09. The van der Waals surface area contributed by atoms with Crippen molar-refractivity contribution in [1.82, 2.24) is 0 Å². The molecule has 0 atom stereocenters. The van der Waals surface area contributed by atoms with Crippen LogP contribution < -0.4 is 0 Å². The van der Waals surface area contributed by atoms with E-state index in [2.05, 4.69) is 5.16 Å². The molecule has 0 unspecified atom stereocenters. The second-order valence-electron chi connectivity index (χ2n) is 6.68. The number of rotatable bonds is 1. The molecule has 0 aromatic heterocycles. The first-order valence-corrected chi connectivity index (χ1v) is 8.11. The molecule has 1 aliphatic carbocycles. The van der Waals surface area contributed by atoms with Gasteiger partial charge in [0.05, 0.1) is 24.5 Å². The van der Waals surface area contributed by atoms with Crippen LogP contribution in [0, 0.1) is 0 Å². The van der Waals surface area contributed by atoms with Crippen molar-refractivity contribution in [2.24, 2.45) is 5.16 Å². The summed E-state index contributed by atoms with van der Waals surface area (Å²) >= 11 is 0. The summed E-state index contributed by atoms with van der Waals surface area (Å²) in [5.41, 5.74) is -0.0657. The normalized spacial score (nSPS) is 25.0. The van der Waals surface area contributed by atoms with Crippen molar-refractivity contribution >= 4 is 5.71 Å². The average Bonchev–Trinajstić information content (AvgIpc) is 3.18. The molecular weight excluding hydrogens is 323 g/mol. The smallest absolute Gasteiger partial charge is 0.389 e. The van der Waals surface area contributed by atoms with Gasteiger partial charge in [-0.1, -0.05) is 17.3 Å². The highest BCUT2D eigenvalue weighted by Gasteiger charge is 2.50. The zero-order chi connectivity index (χ0) is 16.8. The monoisotopic (exact) mass is 341 g/mol. The lowest BCUT2D eigenvalue weighted by atomic mass is 9.78. The second-order valence-corrected chi connectivity index (χ2v) is 6.68. The van der Waals surface area contributed by atoms with Crippen molar-refractivity contribution in [3.05, 3.63) is 35.4 Å². The first kappa shape index (κ1) is 15.9. The van der Waals surface area contributed by atoms with Crippen LogP contribution in [0.3, 0.4) is 0 Å². The molecule has 2 aliphatic heterocycles. The van der Waals surface area contributed by atoms with Crippen molar-refractivity contribution in [2.75, 3.05) is 13.2 Å². The molecular formula is C17H18F3NO3. The Morgan fingerprint density at radius 1 is 1.00 bits per heavy atom. The van der Waals surface area contributed by atoms with Crippen LogP contribution in [0.15, 0.2) is 29.4 Å². The molecule has 0 N–H and O–H groups in total. The quantitative estimate of drug-likeness (QED) is 0.778. The van der Waals surface area contributed by atoms with Gasteiger partial charge in [0.2, 0.25) is 0 Å². The summed E-state index contributed by atoms with van der Waals surface area (Å²) in [4.78, 5) is 5.67. The van der Waals surface area contributed by atoms with E-state index in [-0.39, 0.29) is 0 Å². The van der Waals surface area contributed by atoms with E-state index in [1.165, 1.54) is 6.07 Å². The van der Waals surface area contributed by atoms with Crippen LogP contribution in [0.2, 0.25) is 0 Å². The minimum atomic E-state index is -4.36. The standard InChI is InChI=1S/C17H18F3NO3/c18-17(19,20)13-3-1-2-12(10-13)14-11-15(24-21-14)4-6-16(7-5-15)22-8-9-23-16/h1-3,10H,4-9,11H2. The first-order chi connectivity index (χ1) is 11.4. The SMILES string of the molecule is FC(F)(F)c1cccc(C2=NOC3(CCC4(CC3)OCCO4)C2)c1. The fourth-order valence-corrected chi connectivity index (χ4v) is 3.69. The Hall–Kier alpha value is -1.60. The van der Waals surface area contributed by atoms with E-state index in [1.54, 1.807) is 6.07 Å². The topological polar surface area (TPSA) is 40.0 Å². The summed E-state index contributed by atoms with van der Waals surface area (Å²) in [6, 6.07) is 5.25. The molecule has 4 rings (SSSR count). The summed E-state index contributed by atoms with van der Waals surface area (Å²) in [6.07, 6.45) is -0.957. The predicted octanol–water partition coefficient (Wildman–Crippen LogP) is 3.89. The zero-order valence-electron chi connectivity index (χ0n) is 13.1. The molecule has 2 fully saturated rings. The van der Waals surface area contributed by atoms with Gasteiger partial charge in [-0.2, -0.15) is 13.2 Å². The average molecular weight is 341 g/mol. The van der Waals surface area contributed by atoms with Gasteiger partial charge in [0.1, 0.15) is 5.60 Å². The number of alkyl halides is 3. The molecule has 4 nitrogen and oxygen atoms in total. The van der Waals surface area contributed by atoms with E-state index in [1.807, 2.05) is 0 Å². The largest absolute Gasteiger partial charge is 0.416 e. The number of oxime groups is 1. The van der Waals surface area contributed by atoms with Crippen LogP contribution in [0.4, 0.5) is 13.2 Å². The third kappa shape index (κ3) is 2.80. The van der Waals surface area contributed by atoms with Crippen LogP contribution in [0.1, 0.15) is 43.2 Å². The van der Waals surface area contributed by atoms with E-state index in [9.17, 15) is 13.2 Å². The molecule has 1 saturated carbocycles. The highest BCUT2D eigenvalue weighted by Crippen LogP contribution is 2.46. The van der Waals surface area contributed by atoms with Gasteiger partial charge >= 0.3 is 6.18 Å². The highest BCUT2D eigenvalue weighted by atomic mass is 19.4. The van der Waals surface area contributed by atoms with Crippen LogP contribution in [0.25, 0.3) is 0 Å². The molecule has 7 heteroatoms. The molecule has 24 heavy (non-hydrogen) atoms. The molecule has 1 aromatic carbocycles. The van der Waals surface area contributed by atoms with E-state index in [4.69, 9.17) is 14.3 Å². The van der Waals surface area contributed by atoms with Gasteiger partial charge < -0.3 is 14.3 Å². The van der Waals surface area contributed by atoms with Gasteiger partial charge in [-0.25, -0.2) is 0 Å². The Labute approximate surface area is 137 Å². The van der Waals surface area contributed by atoms with Gasteiger partial charge in [-0.05, 0) is 25.0 Å². The molecule has 0 amide bonds. The Balaban J connectivity index is 1.47. The maximum Gasteiger partial charge on any atom is 0.416 e. The Morgan fingerprint density at radius 3 is 2.38 bits per heavy atom. The van der Waals surface area contributed by atoms with E-state index >= 15 is 0 Å². The fourth-order valence-electron chi connectivity index (χ4n) is 3.69. The van der Waals surface area contributed by atoms with Gasteiger partial charge in [-0.3, -0.25) is 0 Å². The molecule has 130 valence electrons. The van der Waals surface area contributed by atoms with Crippen molar-refractivity contribution in [3.8, 4) is 0 Å². The van der Waals surface area contributed by atoms with Crippen molar-refractivity contribution in [1.29, 1.82) is 0 Å². The summed E-state index contributed by atoms with van der Waals surface area (Å²) in [7, 11) is 0. The van der Waals surface area contributed by atoms with Gasteiger partial charge in [-0.15, -0.1) is 0 Å².